The van der Waals surface area contributed by atoms with Gasteiger partial charge in [0, 0.05) is 6.54 Å². The Labute approximate surface area is 114 Å². The van der Waals surface area contributed by atoms with Crippen molar-refractivity contribution in [3.63, 3.8) is 0 Å². The van der Waals surface area contributed by atoms with Gasteiger partial charge in [0.1, 0.15) is 0 Å². The van der Waals surface area contributed by atoms with Crippen LogP contribution in [0.3, 0.4) is 0 Å². The third kappa shape index (κ3) is 2.98. The normalized spacial score (nSPS) is 17.9. The van der Waals surface area contributed by atoms with Crippen LogP contribution in [-0.4, -0.2) is 29.1 Å². The van der Waals surface area contributed by atoms with E-state index in [1.54, 1.807) is 0 Å². The van der Waals surface area contributed by atoms with Crippen molar-refractivity contribution in [2.75, 3.05) is 12.3 Å². The van der Waals surface area contributed by atoms with E-state index < -0.39 is 19.9 Å². The third-order valence-corrected chi connectivity index (χ3v) is 6.43. The van der Waals surface area contributed by atoms with Gasteiger partial charge in [0.15, 0.2) is 9.84 Å². The Morgan fingerprint density at radius 1 is 1.32 bits per heavy atom. The molecule has 7 heteroatoms. The number of hydrogen-bond acceptors (Lipinski definition) is 4. The minimum atomic E-state index is -3.54. The van der Waals surface area contributed by atoms with Gasteiger partial charge < -0.3 is 0 Å². The molecule has 1 N–H and O–H groups in total. The highest BCUT2D eigenvalue weighted by Gasteiger charge is 2.25. The zero-order valence-corrected chi connectivity index (χ0v) is 12.4. The first-order valence-corrected chi connectivity index (χ1v) is 9.36. The van der Waals surface area contributed by atoms with Gasteiger partial charge in [-0.1, -0.05) is 6.92 Å². The van der Waals surface area contributed by atoms with E-state index in [0.29, 0.717) is 31.4 Å². The Morgan fingerprint density at radius 3 is 2.74 bits per heavy atom. The van der Waals surface area contributed by atoms with Crippen LogP contribution in [0.15, 0.2) is 28.0 Å². The lowest BCUT2D eigenvalue weighted by Gasteiger charge is -2.17. The number of hydrogen-bond donors (Lipinski definition) is 1. The smallest absolute Gasteiger partial charge is 0.224 e. The summed E-state index contributed by atoms with van der Waals surface area (Å²) in [6.45, 7) is 2.25. The lowest BCUT2D eigenvalue weighted by atomic mass is 10.1. The maximum absolute atomic E-state index is 12.0. The van der Waals surface area contributed by atoms with E-state index in [0.717, 1.165) is 0 Å². The van der Waals surface area contributed by atoms with E-state index >= 15 is 0 Å². The molecule has 0 unspecified atom stereocenters. The molecule has 2 rings (SSSR count). The van der Waals surface area contributed by atoms with Crippen LogP contribution < -0.4 is 4.72 Å². The Hall–Kier alpha value is -0.920. The number of sulfone groups is 1. The van der Waals surface area contributed by atoms with Crippen LogP contribution in [0.5, 0.6) is 0 Å². The fourth-order valence-electron chi connectivity index (χ4n) is 2.10. The summed E-state index contributed by atoms with van der Waals surface area (Å²) in [7, 11) is -6.77. The Kier molecular flexibility index (Phi) is 3.98. The SMILES string of the molecule is CCCNS(=O)(=O)c1ccc2c(c1)CCCS2(=O)=O. The molecule has 0 saturated carbocycles. The Balaban J connectivity index is 2.42. The molecule has 0 fully saturated rings. The van der Waals surface area contributed by atoms with Crippen LogP contribution in [0.4, 0.5) is 0 Å². The number of sulfonamides is 1. The van der Waals surface area contributed by atoms with E-state index in [-0.39, 0.29) is 15.5 Å². The lowest BCUT2D eigenvalue weighted by Crippen LogP contribution is -2.25. The number of fused-ring (bicyclic) bond motifs is 1. The predicted octanol–water partition coefficient (Wildman–Crippen LogP) is 1.09. The molecule has 1 aromatic carbocycles. The highest BCUT2D eigenvalue weighted by atomic mass is 32.2. The maximum Gasteiger partial charge on any atom is 0.240 e. The van der Waals surface area contributed by atoms with Crippen LogP contribution in [0.2, 0.25) is 0 Å². The fraction of sp³-hybridized carbons (Fsp3) is 0.500. The first kappa shape index (κ1) is 14.5. The van der Waals surface area contributed by atoms with E-state index in [2.05, 4.69) is 4.72 Å². The molecule has 0 saturated heterocycles. The molecule has 1 aliphatic heterocycles. The third-order valence-electron chi connectivity index (χ3n) is 3.08. The molecule has 0 aromatic heterocycles. The summed E-state index contributed by atoms with van der Waals surface area (Å²) in [5.74, 6) is 0.139. The minimum Gasteiger partial charge on any atom is -0.224 e. The van der Waals surface area contributed by atoms with Crippen LogP contribution in [0, 0.1) is 0 Å². The Bertz CT molecular complexity index is 678. The minimum absolute atomic E-state index is 0.136. The zero-order valence-electron chi connectivity index (χ0n) is 10.7. The second-order valence-electron chi connectivity index (χ2n) is 4.59. The standard InChI is InChI=1S/C12H17NO4S2/c1-2-7-13-19(16,17)11-5-6-12-10(9-11)4-3-8-18(12,14)15/h5-6,9,13H,2-4,7-8H2,1H3. The summed E-state index contributed by atoms with van der Waals surface area (Å²) in [6, 6.07) is 4.24. The van der Waals surface area contributed by atoms with E-state index in [4.69, 9.17) is 0 Å². The van der Waals surface area contributed by atoms with Gasteiger partial charge in [-0.2, -0.15) is 0 Å². The zero-order chi connectivity index (χ0) is 14.1. The fourth-order valence-corrected chi connectivity index (χ4v) is 4.87. The highest BCUT2D eigenvalue weighted by Crippen LogP contribution is 2.27. The molecule has 1 aliphatic rings. The van der Waals surface area contributed by atoms with E-state index in [1.807, 2.05) is 6.92 Å². The van der Waals surface area contributed by atoms with Crippen molar-refractivity contribution >= 4 is 19.9 Å². The summed E-state index contributed by atoms with van der Waals surface area (Å²) in [6.07, 6.45) is 1.85. The van der Waals surface area contributed by atoms with E-state index in [9.17, 15) is 16.8 Å². The molecular weight excluding hydrogens is 286 g/mol. The van der Waals surface area contributed by atoms with Crippen molar-refractivity contribution in [1.29, 1.82) is 0 Å². The maximum atomic E-state index is 12.0. The molecule has 1 aromatic rings. The summed E-state index contributed by atoms with van der Waals surface area (Å²) in [5, 5.41) is 0. The van der Waals surface area contributed by atoms with Gasteiger partial charge in [-0.3, -0.25) is 0 Å². The van der Waals surface area contributed by atoms with Gasteiger partial charge in [-0.05, 0) is 43.0 Å². The molecule has 0 spiro atoms. The highest BCUT2D eigenvalue weighted by molar-refractivity contribution is 7.91. The second-order valence-corrected chi connectivity index (χ2v) is 8.43. The van der Waals surface area contributed by atoms with E-state index in [1.165, 1.54) is 18.2 Å². The van der Waals surface area contributed by atoms with Crippen molar-refractivity contribution in [2.24, 2.45) is 0 Å². The molecule has 5 nitrogen and oxygen atoms in total. The summed E-state index contributed by atoms with van der Waals surface area (Å²) in [4.78, 5) is 0.407. The van der Waals surface area contributed by atoms with Gasteiger partial charge in [0.25, 0.3) is 0 Å². The Morgan fingerprint density at radius 2 is 2.05 bits per heavy atom. The van der Waals surface area contributed by atoms with Gasteiger partial charge in [-0.15, -0.1) is 0 Å². The molecule has 19 heavy (non-hydrogen) atoms. The van der Waals surface area contributed by atoms with Crippen molar-refractivity contribution in [3.8, 4) is 0 Å². The largest absolute Gasteiger partial charge is 0.240 e. The molecular formula is C12H17NO4S2. The van der Waals surface area contributed by atoms with Gasteiger partial charge >= 0.3 is 0 Å². The summed E-state index contributed by atoms with van der Waals surface area (Å²) in [5.41, 5.74) is 0.602. The first-order chi connectivity index (χ1) is 8.87. The van der Waals surface area contributed by atoms with Crippen LogP contribution >= 0.6 is 0 Å². The summed E-state index contributed by atoms with van der Waals surface area (Å²) >= 11 is 0. The van der Waals surface area contributed by atoms with Crippen molar-refractivity contribution in [1.82, 2.24) is 4.72 Å². The van der Waals surface area contributed by atoms with Crippen molar-refractivity contribution in [3.05, 3.63) is 23.8 Å². The van der Waals surface area contributed by atoms with Crippen LogP contribution in [-0.2, 0) is 26.3 Å². The first-order valence-electron chi connectivity index (χ1n) is 6.22. The average molecular weight is 303 g/mol. The van der Waals surface area contributed by atoms with Crippen molar-refractivity contribution in [2.45, 2.75) is 36.0 Å². The quantitative estimate of drug-likeness (QED) is 0.903. The van der Waals surface area contributed by atoms with Crippen molar-refractivity contribution < 1.29 is 16.8 Å². The second kappa shape index (κ2) is 5.22. The van der Waals surface area contributed by atoms with Crippen LogP contribution in [0.1, 0.15) is 25.3 Å². The topological polar surface area (TPSA) is 80.3 Å². The number of nitrogens with one attached hydrogen (secondary N) is 1. The summed E-state index contributed by atoms with van der Waals surface area (Å²) < 4.78 is 50.1. The van der Waals surface area contributed by atoms with Gasteiger partial charge in [0.2, 0.25) is 10.0 Å². The number of benzene rings is 1. The van der Waals surface area contributed by atoms with Crippen LogP contribution in [0.25, 0.3) is 0 Å². The lowest BCUT2D eigenvalue weighted by molar-refractivity contribution is 0.577. The molecule has 0 atom stereocenters. The van der Waals surface area contributed by atoms with Gasteiger partial charge in [-0.25, -0.2) is 21.6 Å². The molecule has 0 aliphatic carbocycles. The average Bonchev–Trinajstić information content (AvgIpc) is 2.35. The van der Waals surface area contributed by atoms with Gasteiger partial charge in [0.05, 0.1) is 15.5 Å². The molecule has 0 radical (unpaired) electrons. The molecule has 0 amide bonds. The molecule has 0 bridgehead atoms. The number of rotatable bonds is 4. The monoisotopic (exact) mass is 303 g/mol. The predicted molar refractivity (Wildman–Crippen MR) is 72.3 cm³/mol. The molecule has 1 heterocycles. The molecule has 106 valence electrons. The number of aryl methyl sites for hydroxylation is 1.